The van der Waals surface area contributed by atoms with Crippen molar-refractivity contribution >= 4 is 11.3 Å². The Labute approximate surface area is 107 Å². The lowest BCUT2D eigenvalue weighted by atomic mass is 10.1. The van der Waals surface area contributed by atoms with Crippen LogP contribution in [0.25, 0.3) is 10.4 Å². The Kier molecular flexibility index (Phi) is 3.65. The van der Waals surface area contributed by atoms with E-state index in [0.29, 0.717) is 0 Å². The summed E-state index contributed by atoms with van der Waals surface area (Å²) >= 11 is 1.81. The van der Waals surface area contributed by atoms with Crippen LogP contribution in [-0.2, 0) is 0 Å². The van der Waals surface area contributed by atoms with Gasteiger partial charge in [-0.2, -0.15) is 0 Å². The van der Waals surface area contributed by atoms with Crippen molar-refractivity contribution in [3.63, 3.8) is 0 Å². The summed E-state index contributed by atoms with van der Waals surface area (Å²) in [6.07, 6.45) is 0.993. The molecule has 2 rings (SSSR count). The van der Waals surface area contributed by atoms with Crippen LogP contribution in [0.4, 0.5) is 0 Å². The van der Waals surface area contributed by atoms with E-state index in [-0.39, 0.29) is 6.04 Å². The quantitative estimate of drug-likeness (QED) is 0.850. The first kappa shape index (κ1) is 12.3. The van der Waals surface area contributed by atoms with Crippen LogP contribution in [-0.4, -0.2) is 0 Å². The molecule has 0 saturated carbocycles. The number of thiophene rings is 1. The smallest absolute Gasteiger partial charge is 0.0387 e. The molecule has 0 spiro atoms. The number of benzene rings is 1. The summed E-state index contributed by atoms with van der Waals surface area (Å²) in [5.41, 5.74) is 10.0. The first-order chi connectivity index (χ1) is 8.11. The molecule has 0 aliphatic carbocycles. The molecule has 0 bridgehead atoms. The lowest BCUT2D eigenvalue weighted by Gasteiger charge is -2.05. The number of hydrogen-bond acceptors (Lipinski definition) is 2. The first-order valence-corrected chi connectivity index (χ1v) is 6.86. The third kappa shape index (κ3) is 2.59. The molecule has 1 aromatic carbocycles. The van der Waals surface area contributed by atoms with Crippen LogP contribution < -0.4 is 5.73 Å². The molecule has 1 aromatic heterocycles. The van der Waals surface area contributed by atoms with E-state index in [0.717, 1.165) is 6.42 Å². The molecule has 0 radical (unpaired) electrons. The van der Waals surface area contributed by atoms with Gasteiger partial charge in [0.05, 0.1) is 0 Å². The summed E-state index contributed by atoms with van der Waals surface area (Å²) in [5.74, 6) is 0. The minimum atomic E-state index is 0.181. The van der Waals surface area contributed by atoms with E-state index >= 15 is 0 Å². The van der Waals surface area contributed by atoms with E-state index in [4.69, 9.17) is 5.73 Å². The summed E-state index contributed by atoms with van der Waals surface area (Å²) in [6, 6.07) is 11.1. The SMILES string of the molecule is CCC(N)c1ccc(-c2ccc(C)c(C)c2)s1. The van der Waals surface area contributed by atoms with Gasteiger partial charge in [-0.25, -0.2) is 0 Å². The molecule has 0 saturated heterocycles. The van der Waals surface area contributed by atoms with Crippen molar-refractivity contribution in [2.24, 2.45) is 5.73 Å². The Morgan fingerprint density at radius 2 is 1.88 bits per heavy atom. The van der Waals surface area contributed by atoms with Crippen LogP contribution in [0.2, 0.25) is 0 Å². The highest BCUT2D eigenvalue weighted by Gasteiger charge is 2.08. The van der Waals surface area contributed by atoms with Crippen LogP contribution in [0.3, 0.4) is 0 Å². The summed E-state index contributed by atoms with van der Waals surface area (Å²) in [7, 11) is 0. The Balaban J connectivity index is 2.33. The van der Waals surface area contributed by atoms with E-state index in [9.17, 15) is 0 Å². The fraction of sp³-hybridized carbons (Fsp3) is 0.333. The summed E-state index contributed by atoms with van der Waals surface area (Å²) in [6.45, 7) is 6.43. The van der Waals surface area contributed by atoms with Crippen molar-refractivity contribution in [3.05, 3.63) is 46.3 Å². The second-order valence-corrected chi connectivity index (χ2v) is 5.63. The summed E-state index contributed by atoms with van der Waals surface area (Å²) in [5, 5.41) is 0. The fourth-order valence-electron chi connectivity index (χ4n) is 1.80. The molecule has 90 valence electrons. The highest BCUT2D eigenvalue weighted by atomic mass is 32.1. The van der Waals surface area contributed by atoms with Gasteiger partial charge < -0.3 is 5.73 Å². The molecule has 0 aliphatic heterocycles. The average molecular weight is 245 g/mol. The number of nitrogens with two attached hydrogens (primary N) is 1. The Morgan fingerprint density at radius 3 is 2.53 bits per heavy atom. The number of rotatable bonds is 3. The lowest BCUT2D eigenvalue weighted by Crippen LogP contribution is -2.05. The molecule has 1 nitrogen and oxygen atoms in total. The standard InChI is InChI=1S/C15H19NS/c1-4-13(16)15-8-7-14(17-15)12-6-5-10(2)11(3)9-12/h5-9,13H,4,16H2,1-3H3. The summed E-state index contributed by atoms with van der Waals surface area (Å²) < 4.78 is 0. The Hall–Kier alpha value is -1.12. The van der Waals surface area contributed by atoms with Crippen molar-refractivity contribution in [3.8, 4) is 10.4 Å². The van der Waals surface area contributed by atoms with E-state index in [2.05, 4.69) is 51.1 Å². The highest BCUT2D eigenvalue weighted by molar-refractivity contribution is 7.15. The Bertz CT molecular complexity index is 513. The monoisotopic (exact) mass is 245 g/mol. The zero-order valence-corrected chi connectivity index (χ0v) is 11.5. The predicted molar refractivity (Wildman–Crippen MR) is 76.4 cm³/mol. The van der Waals surface area contributed by atoms with Crippen molar-refractivity contribution in [2.75, 3.05) is 0 Å². The van der Waals surface area contributed by atoms with Crippen molar-refractivity contribution < 1.29 is 0 Å². The van der Waals surface area contributed by atoms with Gasteiger partial charge in [0.15, 0.2) is 0 Å². The predicted octanol–water partition coefficient (Wildman–Crippen LogP) is 4.44. The zero-order chi connectivity index (χ0) is 12.4. The minimum absolute atomic E-state index is 0.181. The minimum Gasteiger partial charge on any atom is -0.323 e. The number of aryl methyl sites for hydroxylation is 2. The maximum absolute atomic E-state index is 6.05. The molecule has 1 unspecified atom stereocenters. The van der Waals surface area contributed by atoms with Gasteiger partial charge in [-0.15, -0.1) is 11.3 Å². The number of hydrogen-bond donors (Lipinski definition) is 1. The van der Waals surface area contributed by atoms with Gasteiger partial charge in [-0.05, 0) is 49.1 Å². The Morgan fingerprint density at radius 1 is 1.12 bits per heavy atom. The molecule has 0 aliphatic rings. The largest absolute Gasteiger partial charge is 0.323 e. The van der Waals surface area contributed by atoms with Crippen LogP contribution in [0.5, 0.6) is 0 Å². The zero-order valence-electron chi connectivity index (χ0n) is 10.7. The molecule has 1 heterocycles. The first-order valence-electron chi connectivity index (χ1n) is 6.04. The van der Waals surface area contributed by atoms with Crippen molar-refractivity contribution in [1.82, 2.24) is 0 Å². The molecule has 2 N–H and O–H groups in total. The fourth-order valence-corrected chi connectivity index (χ4v) is 2.89. The normalized spacial score (nSPS) is 12.7. The summed E-state index contributed by atoms with van der Waals surface area (Å²) in [4.78, 5) is 2.59. The molecular formula is C15H19NS. The van der Waals surface area contributed by atoms with Crippen LogP contribution >= 0.6 is 11.3 Å². The van der Waals surface area contributed by atoms with Gasteiger partial charge in [0.25, 0.3) is 0 Å². The second-order valence-electron chi connectivity index (χ2n) is 4.52. The van der Waals surface area contributed by atoms with Gasteiger partial charge >= 0.3 is 0 Å². The molecule has 0 fully saturated rings. The molecule has 1 atom stereocenters. The van der Waals surface area contributed by atoms with E-state index in [1.807, 2.05) is 11.3 Å². The molecule has 2 aromatic rings. The average Bonchev–Trinajstić information content (AvgIpc) is 2.81. The maximum atomic E-state index is 6.05. The topological polar surface area (TPSA) is 26.0 Å². The molecular weight excluding hydrogens is 226 g/mol. The third-order valence-electron chi connectivity index (χ3n) is 3.22. The van der Waals surface area contributed by atoms with Crippen molar-refractivity contribution in [1.29, 1.82) is 0 Å². The van der Waals surface area contributed by atoms with Gasteiger partial charge in [-0.1, -0.05) is 25.1 Å². The van der Waals surface area contributed by atoms with Gasteiger partial charge in [0.2, 0.25) is 0 Å². The van der Waals surface area contributed by atoms with Crippen LogP contribution in [0.15, 0.2) is 30.3 Å². The molecule has 17 heavy (non-hydrogen) atoms. The van der Waals surface area contributed by atoms with Gasteiger partial charge in [-0.3, -0.25) is 0 Å². The maximum Gasteiger partial charge on any atom is 0.0387 e. The van der Waals surface area contributed by atoms with Gasteiger partial charge in [0.1, 0.15) is 0 Å². The van der Waals surface area contributed by atoms with Gasteiger partial charge in [0, 0.05) is 15.8 Å². The van der Waals surface area contributed by atoms with Crippen molar-refractivity contribution in [2.45, 2.75) is 33.2 Å². The third-order valence-corrected chi connectivity index (χ3v) is 4.49. The van der Waals surface area contributed by atoms with E-state index < -0.39 is 0 Å². The van der Waals surface area contributed by atoms with Crippen LogP contribution in [0, 0.1) is 13.8 Å². The second kappa shape index (κ2) is 5.03. The van der Waals surface area contributed by atoms with E-state index in [1.54, 1.807) is 0 Å². The van der Waals surface area contributed by atoms with Crippen LogP contribution in [0.1, 0.15) is 35.4 Å². The lowest BCUT2D eigenvalue weighted by molar-refractivity contribution is 0.712. The molecule has 2 heteroatoms. The van der Waals surface area contributed by atoms with E-state index in [1.165, 1.54) is 26.4 Å². The highest BCUT2D eigenvalue weighted by Crippen LogP contribution is 2.32. The molecule has 0 amide bonds.